The molecule has 1 atom stereocenters. The number of aromatic nitrogens is 1. The second kappa shape index (κ2) is 6.48. The van der Waals surface area contributed by atoms with Crippen molar-refractivity contribution in [1.29, 1.82) is 0 Å². The molecule has 2 heterocycles. The Morgan fingerprint density at radius 3 is 2.88 bits per heavy atom. The zero-order valence-corrected chi connectivity index (χ0v) is 14.0. The molecule has 3 rings (SSSR count). The summed E-state index contributed by atoms with van der Waals surface area (Å²) in [6.07, 6.45) is 1.51. The summed E-state index contributed by atoms with van der Waals surface area (Å²) in [5.41, 5.74) is 0.838. The molecular weight excluding hydrogens is 332 g/mol. The standard InChI is InChI=1S/C16H16N2O5S/c1-9(16(20)21)7-18(2)15(19)13-6-17-14(24-13)10-3-4-11-12(5-10)23-8-22-11/h3-6,9H,7-8H2,1-2H3,(H,20,21). The van der Waals surface area contributed by atoms with Gasteiger partial charge in [-0.15, -0.1) is 11.3 Å². The molecule has 0 spiro atoms. The molecule has 2 aromatic rings. The van der Waals surface area contributed by atoms with Gasteiger partial charge < -0.3 is 19.5 Å². The number of hydrogen-bond acceptors (Lipinski definition) is 6. The van der Waals surface area contributed by atoms with Gasteiger partial charge in [0, 0.05) is 19.2 Å². The van der Waals surface area contributed by atoms with Crippen molar-refractivity contribution in [1.82, 2.24) is 9.88 Å². The molecule has 0 radical (unpaired) electrons. The van der Waals surface area contributed by atoms with Crippen LogP contribution in [0.25, 0.3) is 10.6 Å². The third-order valence-electron chi connectivity index (χ3n) is 3.65. The van der Waals surface area contributed by atoms with E-state index in [1.54, 1.807) is 20.0 Å². The fourth-order valence-corrected chi connectivity index (χ4v) is 3.20. The predicted molar refractivity (Wildman–Crippen MR) is 87.4 cm³/mol. The molecule has 0 saturated heterocycles. The number of aliphatic carboxylic acids is 1. The van der Waals surface area contributed by atoms with Crippen LogP contribution in [0.15, 0.2) is 24.4 Å². The molecule has 7 nitrogen and oxygen atoms in total. The van der Waals surface area contributed by atoms with Gasteiger partial charge in [-0.05, 0) is 18.2 Å². The van der Waals surface area contributed by atoms with Crippen LogP contribution < -0.4 is 9.47 Å². The molecule has 1 aliphatic rings. The zero-order valence-electron chi connectivity index (χ0n) is 13.2. The quantitative estimate of drug-likeness (QED) is 0.892. The summed E-state index contributed by atoms with van der Waals surface area (Å²) in [6.45, 7) is 1.91. The van der Waals surface area contributed by atoms with E-state index in [1.165, 1.54) is 22.4 Å². The van der Waals surface area contributed by atoms with Gasteiger partial charge in [0.15, 0.2) is 11.5 Å². The molecule has 24 heavy (non-hydrogen) atoms. The maximum absolute atomic E-state index is 12.4. The lowest BCUT2D eigenvalue weighted by Crippen LogP contribution is -2.33. The fraction of sp³-hybridized carbons (Fsp3) is 0.312. The van der Waals surface area contributed by atoms with E-state index in [9.17, 15) is 9.59 Å². The highest BCUT2D eigenvalue weighted by Gasteiger charge is 2.21. The molecule has 0 aliphatic carbocycles. The lowest BCUT2D eigenvalue weighted by molar-refractivity contribution is -0.141. The van der Waals surface area contributed by atoms with E-state index in [0.29, 0.717) is 21.4 Å². The average molecular weight is 348 g/mol. The third-order valence-corrected chi connectivity index (χ3v) is 4.69. The van der Waals surface area contributed by atoms with Crippen LogP contribution >= 0.6 is 11.3 Å². The summed E-state index contributed by atoms with van der Waals surface area (Å²) in [6, 6.07) is 5.49. The summed E-state index contributed by atoms with van der Waals surface area (Å²) in [7, 11) is 1.59. The van der Waals surface area contributed by atoms with E-state index in [1.807, 2.05) is 12.1 Å². The molecule has 8 heteroatoms. The third kappa shape index (κ3) is 3.18. The molecule has 0 fully saturated rings. The molecule has 0 saturated carbocycles. The van der Waals surface area contributed by atoms with Gasteiger partial charge >= 0.3 is 5.97 Å². The van der Waals surface area contributed by atoms with Crippen molar-refractivity contribution in [2.24, 2.45) is 5.92 Å². The van der Waals surface area contributed by atoms with Gasteiger partial charge in [0.25, 0.3) is 5.91 Å². The van der Waals surface area contributed by atoms with Crippen LogP contribution in [-0.4, -0.2) is 47.3 Å². The number of nitrogens with zero attached hydrogens (tertiary/aromatic N) is 2. The normalized spacial score (nSPS) is 13.6. The van der Waals surface area contributed by atoms with Crippen molar-refractivity contribution < 1.29 is 24.2 Å². The molecule has 1 aromatic heterocycles. The molecular formula is C16H16N2O5S. The molecule has 1 unspecified atom stereocenters. The van der Waals surface area contributed by atoms with Crippen LogP contribution in [0, 0.1) is 5.92 Å². The van der Waals surface area contributed by atoms with Crippen molar-refractivity contribution in [3.8, 4) is 22.1 Å². The fourth-order valence-electron chi connectivity index (χ4n) is 2.30. The molecule has 1 amide bonds. The largest absolute Gasteiger partial charge is 0.481 e. The van der Waals surface area contributed by atoms with Gasteiger partial charge in [0.1, 0.15) is 9.88 Å². The molecule has 126 valence electrons. The number of thiazole rings is 1. The molecule has 1 aromatic carbocycles. The number of ether oxygens (including phenoxy) is 2. The number of carbonyl (C=O) groups excluding carboxylic acids is 1. The number of benzene rings is 1. The monoisotopic (exact) mass is 348 g/mol. The van der Waals surface area contributed by atoms with Gasteiger partial charge in [-0.1, -0.05) is 6.92 Å². The SMILES string of the molecule is CC(CN(C)C(=O)c1cnc(-c2ccc3c(c2)OCO3)s1)C(=O)O. The van der Waals surface area contributed by atoms with Gasteiger partial charge in [-0.2, -0.15) is 0 Å². The average Bonchev–Trinajstić information content (AvgIpc) is 3.22. The van der Waals surface area contributed by atoms with E-state index in [-0.39, 0.29) is 19.2 Å². The van der Waals surface area contributed by atoms with Gasteiger partial charge in [0.2, 0.25) is 6.79 Å². The Balaban J connectivity index is 1.75. The topological polar surface area (TPSA) is 89.0 Å². The van der Waals surface area contributed by atoms with Crippen LogP contribution in [0.5, 0.6) is 11.5 Å². The maximum atomic E-state index is 12.4. The summed E-state index contributed by atoms with van der Waals surface area (Å²) >= 11 is 1.26. The highest BCUT2D eigenvalue weighted by molar-refractivity contribution is 7.16. The van der Waals surface area contributed by atoms with E-state index in [0.717, 1.165) is 5.56 Å². The predicted octanol–water partition coefficient (Wildman–Crippen LogP) is 2.33. The minimum atomic E-state index is -0.931. The minimum Gasteiger partial charge on any atom is -0.481 e. The van der Waals surface area contributed by atoms with Crippen molar-refractivity contribution in [3.63, 3.8) is 0 Å². The first-order valence-corrected chi connectivity index (χ1v) is 8.11. The highest BCUT2D eigenvalue weighted by Crippen LogP contribution is 2.37. The van der Waals surface area contributed by atoms with Crippen LogP contribution in [0.1, 0.15) is 16.6 Å². The smallest absolute Gasteiger partial charge is 0.308 e. The molecule has 1 aliphatic heterocycles. The Kier molecular flexibility index (Phi) is 4.39. The second-order valence-electron chi connectivity index (χ2n) is 5.52. The number of hydrogen-bond donors (Lipinski definition) is 1. The zero-order chi connectivity index (χ0) is 17.3. The van der Waals surface area contributed by atoms with Crippen molar-refractivity contribution in [3.05, 3.63) is 29.3 Å². The van der Waals surface area contributed by atoms with E-state index >= 15 is 0 Å². The first-order chi connectivity index (χ1) is 11.5. The van der Waals surface area contributed by atoms with Crippen LogP contribution in [0.4, 0.5) is 0 Å². The van der Waals surface area contributed by atoms with Crippen LogP contribution in [0.2, 0.25) is 0 Å². The number of carboxylic acid groups (broad SMARTS) is 1. The Bertz CT molecular complexity index is 789. The Morgan fingerprint density at radius 2 is 2.12 bits per heavy atom. The summed E-state index contributed by atoms with van der Waals surface area (Å²) in [5.74, 6) is -0.454. The van der Waals surface area contributed by atoms with Crippen molar-refractivity contribution >= 4 is 23.2 Å². The summed E-state index contributed by atoms with van der Waals surface area (Å²) in [4.78, 5) is 29.4. The van der Waals surface area contributed by atoms with Gasteiger partial charge in [0.05, 0.1) is 12.1 Å². The summed E-state index contributed by atoms with van der Waals surface area (Å²) in [5, 5.41) is 9.63. The van der Waals surface area contributed by atoms with Crippen LogP contribution in [0.3, 0.4) is 0 Å². The first kappa shape index (κ1) is 16.3. The number of carbonyl (C=O) groups is 2. The van der Waals surface area contributed by atoms with Crippen molar-refractivity contribution in [2.75, 3.05) is 20.4 Å². The van der Waals surface area contributed by atoms with Gasteiger partial charge in [-0.25, -0.2) is 4.98 Å². The highest BCUT2D eigenvalue weighted by atomic mass is 32.1. The lowest BCUT2D eigenvalue weighted by Gasteiger charge is -2.18. The van der Waals surface area contributed by atoms with Gasteiger partial charge in [-0.3, -0.25) is 9.59 Å². The van der Waals surface area contributed by atoms with E-state index < -0.39 is 11.9 Å². The minimum absolute atomic E-state index is 0.144. The van der Waals surface area contributed by atoms with E-state index in [2.05, 4.69) is 4.98 Å². The number of amides is 1. The Hall–Kier alpha value is -2.61. The van der Waals surface area contributed by atoms with Crippen molar-refractivity contribution in [2.45, 2.75) is 6.92 Å². The maximum Gasteiger partial charge on any atom is 0.308 e. The molecule has 0 bridgehead atoms. The molecule has 1 N–H and O–H groups in total. The Labute approximate surface area is 142 Å². The first-order valence-electron chi connectivity index (χ1n) is 7.30. The Morgan fingerprint density at radius 1 is 1.38 bits per heavy atom. The van der Waals surface area contributed by atoms with E-state index in [4.69, 9.17) is 14.6 Å². The summed E-state index contributed by atoms with van der Waals surface area (Å²) < 4.78 is 10.6. The number of carboxylic acids is 1. The number of rotatable bonds is 5. The lowest BCUT2D eigenvalue weighted by atomic mass is 10.2. The van der Waals surface area contributed by atoms with Crippen LogP contribution in [-0.2, 0) is 4.79 Å². The number of fused-ring (bicyclic) bond motifs is 1. The second-order valence-corrected chi connectivity index (χ2v) is 6.55.